The van der Waals surface area contributed by atoms with Crippen LogP contribution in [0, 0.1) is 0 Å². The van der Waals surface area contributed by atoms with Crippen molar-refractivity contribution in [2.45, 2.75) is 13.5 Å². The number of carbonyl (C=O) groups excluding carboxylic acids is 2. The summed E-state index contributed by atoms with van der Waals surface area (Å²) in [5.41, 5.74) is 0.486. The van der Waals surface area contributed by atoms with Crippen molar-refractivity contribution in [1.29, 1.82) is 0 Å². The van der Waals surface area contributed by atoms with Gasteiger partial charge in [-0.1, -0.05) is 28.4 Å². The van der Waals surface area contributed by atoms with Crippen LogP contribution < -0.4 is 10.6 Å². The second kappa shape index (κ2) is 6.55. The molecule has 0 fully saturated rings. The fourth-order valence-electron chi connectivity index (χ4n) is 1.59. The van der Waals surface area contributed by atoms with E-state index in [2.05, 4.69) is 20.9 Å². The fourth-order valence-corrected chi connectivity index (χ4v) is 2.11. The Kier molecular flexibility index (Phi) is 4.77. The third-order valence-corrected chi connectivity index (χ3v) is 2.73. The largest absolute Gasteiger partial charge is 0.324 e. The Bertz CT molecular complexity index is 666. The van der Waals surface area contributed by atoms with Crippen molar-refractivity contribution in [3.63, 3.8) is 0 Å². The molecule has 0 bridgehead atoms. The molecule has 7 nitrogen and oxygen atoms in total. The van der Waals surface area contributed by atoms with Gasteiger partial charge in [-0.2, -0.15) is 0 Å². The topological polar surface area (TPSA) is 88.9 Å². The number of benzene rings is 1. The summed E-state index contributed by atoms with van der Waals surface area (Å²) in [6, 6.07) is 4.72. The fraction of sp³-hybridized carbons (Fsp3) is 0.167. The van der Waals surface area contributed by atoms with Crippen LogP contribution in [0.4, 0.5) is 11.5 Å². The van der Waals surface area contributed by atoms with Gasteiger partial charge in [0, 0.05) is 22.7 Å². The standard InChI is InChI=1S/C12H11Cl2N5O2/c1-7(20)15-11-5-19(18-17-11)6-12(21)16-10-3-8(13)2-9(14)4-10/h2-5H,6H2,1H3,(H,15,20)(H,16,21). The molecular weight excluding hydrogens is 317 g/mol. The lowest BCUT2D eigenvalue weighted by Crippen LogP contribution is -2.19. The van der Waals surface area contributed by atoms with Crippen molar-refractivity contribution >= 4 is 46.5 Å². The quantitative estimate of drug-likeness (QED) is 0.900. The summed E-state index contributed by atoms with van der Waals surface area (Å²) in [7, 11) is 0. The molecule has 1 aromatic heterocycles. The van der Waals surface area contributed by atoms with Gasteiger partial charge < -0.3 is 10.6 Å². The molecule has 0 aliphatic rings. The number of aromatic nitrogens is 3. The molecular formula is C12H11Cl2N5O2. The Morgan fingerprint density at radius 2 is 1.86 bits per heavy atom. The molecule has 0 saturated carbocycles. The minimum absolute atomic E-state index is 0.0588. The number of amides is 2. The van der Waals surface area contributed by atoms with Crippen LogP contribution in [0.5, 0.6) is 0 Å². The lowest BCUT2D eigenvalue weighted by molar-refractivity contribution is -0.117. The van der Waals surface area contributed by atoms with Gasteiger partial charge in [-0.25, -0.2) is 4.68 Å². The Balaban J connectivity index is 1.98. The van der Waals surface area contributed by atoms with Crippen molar-refractivity contribution in [3.05, 3.63) is 34.4 Å². The van der Waals surface area contributed by atoms with Crippen LogP contribution in [0.1, 0.15) is 6.92 Å². The summed E-state index contributed by atoms with van der Waals surface area (Å²) < 4.78 is 1.30. The first-order chi connectivity index (χ1) is 9.92. The molecule has 9 heteroatoms. The molecule has 21 heavy (non-hydrogen) atoms. The van der Waals surface area contributed by atoms with E-state index in [1.54, 1.807) is 18.2 Å². The van der Waals surface area contributed by atoms with E-state index >= 15 is 0 Å². The van der Waals surface area contributed by atoms with E-state index in [0.29, 0.717) is 15.7 Å². The Morgan fingerprint density at radius 1 is 1.19 bits per heavy atom. The first kappa shape index (κ1) is 15.3. The van der Waals surface area contributed by atoms with E-state index in [-0.39, 0.29) is 24.2 Å². The van der Waals surface area contributed by atoms with Gasteiger partial charge in [0.25, 0.3) is 0 Å². The highest BCUT2D eigenvalue weighted by Crippen LogP contribution is 2.22. The second-order valence-corrected chi connectivity index (χ2v) is 5.06. The van der Waals surface area contributed by atoms with Gasteiger partial charge in [-0.3, -0.25) is 9.59 Å². The zero-order valence-electron chi connectivity index (χ0n) is 10.9. The minimum Gasteiger partial charge on any atom is -0.324 e. The van der Waals surface area contributed by atoms with E-state index in [0.717, 1.165) is 0 Å². The number of nitrogens with zero attached hydrogens (tertiary/aromatic N) is 3. The summed E-state index contributed by atoms with van der Waals surface area (Å²) in [6.45, 7) is 1.30. The number of hydrogen-bond acceptors (Lipinski definition) is 4. The summed E-state index contributed by atoms with van der Waals surface area (Å²) >= 11 is 11.7. The first-order valence-electron chi connectivity index (χ1n) is 5.86. The van der Waals surface area contributed by atoms with Gasteiger partial charge in [0.1, 0.15) is 6.54 Å². The van der Waals surface area contributed by atoms with Crippen LogP contribution in [0.25, 0.3) is 0 Å². The highest BCUT2D eigenvalue weighted by molar-refractivity contribution is 6.35. The molecule has 0 spiro atoms. The van der Waals surface area contributed by atoms with Crippen molar-refractivity contribution in [3.8, 4) is 0 Å². The Labute approximate surface area is 130 Å². The third kappa shape index (κ3) is 4.73. The second-order valence-electron chi connectivity index (χ2n) is 4.19. The lowest BCUT2D eigenvalue weighted by Gasteiger charge is -2.06. The monoisotopic (exact) mass is 327 g/mol. The van der Waals surface area contributed by atoms with Crippen LogP contribution in [0.3, 0.4) is 0 Å². The van der Waals surface area contributed by atoms with E-state index in [1.807, 2.05) is 0 Å². The van der Waals surface area contributed by atoms with Gasteiger partial charge in [0.2, 0.25) is 11.8 Å². The van der Waals surface area contributed by atoms with Gasteiger partial charge in [-0.05, 0) is 18.2 Å². The molecule has 2 amide bonds. The van der Waals surface area contributed by atoms with E-state index < -0.39 is 0 Å². The predicted molar refractivity (Wildman–Crippen MR) is 79.4 cm³/mol. The molecule has 110 valence electrons. The number of carbonyl (C=O) groups is 2. The van der Waals surface area contributed by atoms with Crippen LogP contribution in [0.15, 0.2) is 24.4 Å². The summed E-state index contributed by atoms with van der Waals surface area (Å²) in [6.07, 6.45) is 1.45. The molecule has 2 aromatic rings. The number of nitrogens with one attached hydrogen (secondary N) is 2. The number of hydrogen-bond donors (Lipinski definition) is 2. The molecule has 0 unspecified atom stereocenters. The lowest BCUT2D eigenvalue weighted by atomic mass is 10.3. The van der Waals surface area contributed by atoms with Crippen LogP contribution in [-0.4, -0.2) is 26.8 Å². The van der Waals surface area contributed by atoms with Gasteiger partial charge in [0.05, 0.1) is 6.20 Å². The normalized spacial score (nSPS) is 10.2. The number of rotatable bonds is 4. The zero-order valence-corrected chi connectivity index (χ0v) is 12.4. The average Bonchev–Trinajstić information content (AvgIpc) is 2.73. The van der Waals surface area contributed by atoms with Crippen LogP contribution in [0.2, 0.25) is 10.0 Å². The maximum atomic E-state index is 11.9. The number of halogens is 2. The van der Waals surface area contributed by atoms with Crippen molar-refractivity contribution in [1.82, 2.24) is 15.0 Å². The van der Waals surface area contributed by atoms with E-state index in [9.17, 15) is 9.59 Å². The van der Waals surface area contributed by atoms with Gasteiger partial charge in [-0.15, -0.1) is 5.10 Å². The highest BCUT2D eigenvalue weighted by atomic mass is 35.5. The molecule has 1 heterocycles. The maximum absolute atomic E-state index is 11.9. The SMILES string of the molecule is CC(=O)Nc1cn(CC(=O)Nc2cc(Cl)cc(Cl)c2)nn1. The molecule has 0 aliphatic carbocycles. The van der Waals surface area contributed by atoms with Crippen molar-refractivity contribution in [2.24, 2.45) is 0 Å². The number of anilines is 2. The minimum atomic E-state index is -0.326. The highest BCUT2D eigenvalue weighted by Gasteiger charge is 2.08. The molecule has 1 aromatic carbocycles. The van der Waals surface area contributed by atoms with Gasteiger partial charge in [0.15, 0.2) is 5.82 Å². The van der Waals surface area contributed by atoms with E-state index in [4.69, 9.17) is 23.2 Å². The summed E-state index contributed by atoms with van der Waals surface area (Å²) in [5.74, 6) is -0.311. The van der Waals surface area contributed by atoms with Crippen molar-refractivity contribution < 1.29 is 9.59 Å². The summed E-state index contributed by atoms with van der Waals surface area (Å²) in [4.78, 5) is 22.7. The van der Waals surface area contributed by atoms with Gasteiger partial charge >= 0.3 is 0 Å². The third-order valence-electron chi connectivity index (χ3n) is 2.29. The zero-order chi connectivity index (χ0) is 15.4. The summed E-state index contributed by atoms with van der Waals surface area (Å²) in [5, 5.41) is 13.4. The Hall–Kier alpha value is -2.12. The van der Waals surface area contributed by atoms with Crippen LogP contribution in [-0.2, 0) is 16.1 Å². The molecule has 0 aliphatic heterocycles. The molecule has 0 radical (unpaired) electrons. The molecule has 2 N–H and O–H groups in total. The predicted octanol–water partition coefficient (Wildman–Crippen LogP) is 2.18. The smallest absolute Gasteiger partial charge is 0.246 e. The van der Waals surface area contributed by atoms with E-state index in [1.165, 1.54) is 17.8 Å². The molecule has 0 saturated heterocycles. The maximum Gasteiger partial charge on any atom is 0.246 e. The molecule has 0 atom stereocenters. The Morgan fingerprint density at radius 3 is 2.48 bits per heavy atom. The van der Waals surface area contributed by atoms with Crippen molar-refractivity contribution in [2.75, 3.05) is 10.6 Å². The van der Waals surface area contributed by atoms with Crippen LogP contribution >= 0.6 is 23.2 Å². The average molecular weight is 328 g/mol. The molecule has 2 rings (SSSR count). The first-order valence-corrected chi connectivity index (χ1v) is 6.61.